The predicted octanol–water partition coefficient (Wildman–Crippen LogP) is 24.7. The molecule has 0 heterocycles. The molecule has 0 aromatic heterocycles. The first kappa shape index (κ1) is 59.2. The van der Waals surface area contributed by atoms with Crippen LogP contribution in [0.2, 0.25) is 0 Å². The molecule has 12 aromatic rings. The highest BCUT2D eigenvalue weighted by atomic mass is 15.1. The molecular weight excluding hydrogens is 1080 g/mol. The van der Waals surface area contributed by atoms with Gasteiger partial charge in [-0.25, -0.2) is 0 Å². The minimum Gasteiger partial charge on any atom is -0.311 e. The molecule has 0 amide bonds. The molecule has 0 fully saturated rings. The Kier molecular flexibility index (Phi) is 17.7. The molecule has 0 N–H and O–H groups in total. The summed E-state index contributed by atoms with van der Waals surface area (Å²) < 4.78 is 0. The van der Waals surface area contributed by atoms with Crippen molar-refractivity contribution in [2.24, 2.45) is 0 Å². The van der Waals surface area contributed by atoms with Gasteiger partial charge in [0.25, 0.3) is 0 Å². The van der Waals surface area contributed by atoms with Gasteiger partial charge in [-0.05, 0) is 247 Å². The fourth-order valence-corrected chi connectivity index (χ4v) is 12.9. The molecule has 0 radical (unpaired) electrons. The van der Waals surface area contributed by atoms with Gasteiger partial charge in [0, 0.05) is 34.1 Å². The zero-order chi connectivity index (χ0) is 61.5. The van der Waals surface area contributed by atoms with Crippen molar-refractivity contribution in [3.8, 4) is 66.8 Å². The van der Waals surface area contributed by atoms with Crippen LogP contribution in [-0.4, -0.2) is 0 Å². The van der Waals surface area contributed by atoms with Crippen molar-refractivity contribution in [3.05, 3.63) is 324 Å². The van der Waals surface area contributed by atoms with Crippen LogP contribution in [0.5, 0.6) is 0 Å². The van der Waals surface area contributed by atoms with Crippen molar-refractivity contribution < 1.29 is 0 Å². The van der Waals surface area contributed by atoms with Crippen LogP contribution in [0.3, 0.4) is 0 Å². The summed E-state index contributed by atoms with van der Waals surface area (Å²) >= 11 is 0. The molecule has 0 saturated heterocycles. The van der Waals surface area contributed by atoms with Gasteiger partial charge >= 0.3 is 0 Å². The highest BCUT2D eigenvalue weighted by Gasteiger charge is 2.20. The second-order valence-corrected chi connectivity index (χ2v) is 24.6. The minimum atomic E-state index is 0.586. The zero-order valence-electron chi connectivity index (χ0n) is 53.3. The van der Waals surface area contributed by atoms with E-state index in [4.69, 9.17) is 0 Å². The fraction of sp³-hybridized carbons (Fsp3) is 0.182. The molecule has 90 heavy (non-hydrogen) atoms. The molecule has 2 unspecified atom stereocenters. The summed E-state index contributed by atoms with van der Waals surface area (Å²) in [4.78, 5) is 4.73. The highest BCUT2D eigenvalue weighted by Crippen LogP contribution is 2.42. The Labute approximate surface area is 535 Å². The first-order chi connectivity index (χ1) is 44.3. The smallest absolute Gasteiger partial charge is 0.0462 e. The van der Waals surface area contributed by atoms with E-state index in [0.29, 0.717) is 11.8 Å². The number of rotatable bonds is 16. The highest BCUT2D eigenvalue weighted by molar-refractivity contribution is 5.84. The predicted molar refractivity (Wildman–Crippen MR) is 386 cm³/mol. The Morgan fingerprint density at radius 1 is 0.233 bits per heavy atom. The molecule has 3 aliphatic rings. The average Bonchev–Trinajstić information content (AvgIpc) is 1.25. The molecule has 2 nitrogen and oxygen atoms in total. The Bertz CT molecular complexity index is 4250. The number of nitrogens with zero attached hydrogens (tertiary/aromatic N) is 2. The molecule has 0 saturated carbocycles. The molecule has 2 heteroatoms. The van der Waals surface area contributed by atoms with Gasteiger partial charge in [0.1, 0.15) is 0 Å². The Hall–Kier alpha value is -9.76. The van der Waals surface area contributed by atoms with Gasteiger partial charge < -0.3 is 9.80 Å². The first-order valence-electron chi connectivity index (χ1n) is 33.1. The lowest BCUT2D eigenvalue weighted by Gasteiger charge is -2.26. The third kappa shape index (κ3) is 12.6. The van der Waals surface area contributed by atoms with Crippen molar-refractivity contribution in [2.45, 2.75) is 105 Å². The molecule has 2 atom stereocenters. The summed E-state index contributed by atoms with van der Waals surface area (Å²) in [7, 11) is 0. The summed E-state index contributed by atoms with van der Waals surface area (Å²) in [5.74, 6) is 1.17. The molecule has 3 aliphatic carbocycles. The maximum atomic E-state index is 2.37. The van der Waals surface area contributed by atoms with Crippen LogP contribution in [-0.2, 0) is 38.5 Å². The zero-order valence-corrected chi connectivity index (χ0v) is 53.3. The van der Waals surface area contributed by atoms with E-state index in [0.717, 1.165) is 47.0 Å². The van der Waals surface area contributed by atoms with Crippen molar-refractivity contribution in [1.29, 1.82) is 0 Å². The number of aryl methyl sites for hydroxylation is 6. The van der Waals surface area contributed by atoms with Gasteiger partial charge in [0.15, 0.2) is 0 Å². The normalized spacial score (nSPS) is 13.0. The lowest BCUT2D eigenvalue weighted by Crippen LogP contribution is -2.10. The number of hydrogen-bond donors (Lipinski definition) is 0. The van der Waals surface area contributed by atoms with E-state index in [2.05, 4.69) is 317 Å². The van der Waals surface area contributed by atoms with E-state index in [1.807, 2.05) is 13.8 Å². The van der Waals surface area contributed by atoms with Crippen molar-refractivity contribution >= 4 is 34.1 Å². The van der Waals surface area contributed by atoms with Crippen LogP contribution in [0.4, 0.5) is 34.1 Å². The number of benzene rings is 12. The molecule has 0 bridgehead atoms. The van der Waals surface area contributed by atoms with E-state index < -0.39 is 0 Å². The largest absolute Gasteiger partial charge is 0.311 e. The fourth-order valence-electron chi connectivity index (χ4n) is 12.9. The van der Waals surface area contributed by atoms with Crippen LogP contribution >= 0.6 is 0 Å². The van der Waals surface area contributed by atoms with Gasteiger partial charge in [0.05, 0.1) is 0 Å². The van der Waals surface area contributed by atoms with E-state index in [1.54, 1.807) is 0 Å². The summed E-state index contributed by atoms with van der Waals surface area (Å²) in [5, 5.41) is 0. The topological polar surface area (TPSA) is 6.48 Å². The van der Waals surface area contributed by atoms with Crippen molar-refractivity contribution in [3.63, 3.8) is 0 Å². The summed E-state index contributed by atoms with van der Waals surface area (Å²) in [6, 6.07) is 104. The van der Waals surface area contributed by atoms with Gasteiger partial charge in [-0.3, -0.25) is 0 Å². The maximum absolute atomic E-state index is 2.37. The lowest BCUT2D eigenvalue weighted by molar-refractivity contribution is 0.734. The molecule has 0 spiro atoms. The second kappa shape index (κ2) is 26.9. The van der Waals surface area contributed by atoms with Gasteiger partial charge in [0.2, 0.25) is 0 Å². The van der Waals surface area contributed by atoms with Gasteiger partial charge in [-0.2, -0.15) is 0 Å². The second-order valence-electron chi connectivity index (χ2n) is 24.6. The maximum Gasteiger partial charge on any atom is 0.0462 e. The van der Waals surface area contributed by atoms with Crippen molar-refractivity contribution in [2.75, 3.05) is 9.80 Å². The molecular formula is C88H82N2. The number of fused-ring (bicyclic) bond motifs is 3. The quantitative estimate of drug-likeness (QED) is 0.0951. The summed E-state index contributed by atoms with van der Waals surface area (Å²) in [6.07, 6.45) is 9.58. The van der Waals surface area contributed by atoms with Crippen LogP contribution in [0.1, 0.15) is 111 Å². The van der Waals surface area contributed by atoms with Gasteiger partial charge in [-0.15, -0.1) is 0 Å². The van der Waals surface area contributed by atoms with Crippen molar-refractivity contribution in [1.82, 2.24) is 0 Å². The SMILES string of the molecule is CC.CCC(C)c1ccc(-c2ccc(N(c3ccc(-c4ccc5c(c4)CC5)cc3)c3ccc(-c4ccc5c(c4)CC5)cc3)cc2)cc1.CCC(C)c1ccc(-c2ccc(N(c3ccc(-c4ccccc4)cc3)c3ccc(-c4ccc5c(c4)CC5)cc3)cc2)cc1. The standard InChI is InChI=1S/C44H39N.C42H37N.C2H6/c1-3-30(2)31-4-6-32(7-5-31)33-16-22-42(23-17-33)45(43-24-18-36(19-25-43)40-14-10-34-8-12-38(34)28-40)44-26-20-37(21-27-44)41-15-11-35-9-13-39(35)29-41;1-3-30(2)31-9-11-33(12-10-31)35-19-25-41(26-20-35)43(40-23-17-34(18-24-40)32-7-5-4-6-8-32)42-27-21-37(22-28-42)39-16-14-36-13-15-38(36)29-39;1-2/h4-7,10-11,14-30H,3,8-9,12-13H2,1-2H3;4-12,14,16-30H,3,13,15H2,1-2H3;1-2H3. The van der Waals surface area contributed by atoms with Crippen LogP contribution < -0.4 is 9.80 Å². The summed E-state index contributed by atoms with van der Waals surface area (Å²) in [6.45, 7) is 13.1. The van der Waals surface area contributed by atoms with Gasteiger partial charge in [-0.1, -0.05) is 248 Å². The molecule has 444 valence electrons. The average molecular weight is 1170 g/mol. The monoisotopic (exact) mass is 1170 g/mol. The Balaban J connectivity index is 0.000000161. The van der Waals surface area contributed by atoms with Crippen LogP contribution in [0, 0.1) is 0 Å². The molecule has 12 aromatic carbocycles. The van der Waals surface area contributed by atoms with Crippen LogP contribution in [0.15, 0.2) is 279 Å². The van der Waals surface area contributed by atoms with E-state index in [-0.39, 0.29) is 0 Å². The lowest BCUT2D eigenvalue weighted by atomic mass is 9.86. The Morgan fingerprint density at radius 3 is 0.644 bits per heavy atom. The minimum absolute atomic E-state index is 0.586. The first-order valence-corrected chi connectivity index (χ1v) is 33.1. The third-order valence-corrected chi connectivity index (χ3v) is 19.3. The van der Waals surface area contributed by atoms with E-state index in [9.17, 15) is 0 Å². The summed E-state index contributed by atoms with van der Waals surface area (Å²) in [5.41, 5.74) is 33.8. The number of anilines is 6. The Morgan fingerprint density at radius 2 is 0.433 bits per heavy atom. The van der Waals surface area contributed by atoms with Crippen LogP contribution in [0.25, 0.3) is 66.8 Å². The van der Waals surface area contributed by atoms with E-state index in [1.165, 1.54) is 150 Å². The number of hydrogen-bond acceptors (Lipinski definition) is 2. The van der Waals surface area contributed by atoms with E-state index >= 15 is 0 Å². The third-order valence-electron chi connectivity index (χ3n) is 19.3. The molecule has 0 aliphatic heterocycles. The molecule has 15 rings (SSSR count).